The molecule has 0 bridgehead atoms. The van der Waals surface area contributed by atoms with Crippen molar-refractivity contribution in [3.8, 4) is 5.75 Å². The van der Waals surface area contributed by atoms with Crippen molar-refractivity contribution in [1.82, 2.24) is 0 Å². The summed E-state index contributed by atoms with van der Waals surface area (Å²) < 4.78 is 10.3. The summed E-state index contributed by atoms with van der Waals surface area (Å²) in [5, 5.41) is 11.0. The standard InChI is InChI=1S/C16H16N2O6/c1-3-23-12-6-4-11(5-7-12)9-14(19)24-13-8-10(2)17-16(20)15(13)18(21)22/h4-8,15H,3,9H2,1-2H3. The van der Waals surface area contributed by atoms with Gasteiger partial charge < -0.3 is 9.47 Å². The average molecular weight is 332 g/mol. The summed E-state index contributed by atoms with van der Waals surface area (Å²) in [4.78, 5) is 37.3. The number of dihydropyridines is 1. The van der Waals surface area contributed by atoms with Crippen molar-refractivity contribution in [1.29, 1.82) is 0 Å². The van der Waals surface area contributed by atoms with E-state index in [4.69, 9.17) is 9.47 Å². The molecule has 1 atom stereocenters. The zero-order valence-corrected chi connectivity index (χ0v) is 13.2. The Kier molecular flexibility index (Phi) is 5.41. The highest BCUT2D eigenvalue weighted by atomic mass is 16.6. The third kappa shape index (κ3) is 4.25. The first-order valence-electron chi connectivity index (χ1n) is 7.27. The number of hydrogen-bond acceptors (Lipinski definition) is 6. The number of hydrogen-bond donors (Lipinski definition) is 0. The summed E-state index contributed by atoms with van der Waals surface area (Å²) in [5.41, 5.74) is 0.913. The van der Waals surface area contributed by atoms with Crippen molar-refractivity contribution in [3.05, 3.63) is 51.8 Å². The number of nitrogens with zero attached hydrogens (tertiary/aromatic N) is 2. The number of amides is 1. The van der Waals surface area contributed by atoms with E-state index in [0.29, 0.717) is 17.9 Å². The maximum absolute atomic E-state index is 12.0. The Morgan fingerprint density at radius 2 is 2.00 bits per heavy atom. The largest absolute Gasteiger partial charge is 0.494 e. The van der Waals surface area contributed by atoms with Gasteiger partial charge in [-0.05, 0) is 31.5 Å². The van der Waals surface area contributed by atoms with Gasteiger partial charge in [-0.25, -0.2) is 4.99 Å². The van der Waals surface area contributed by atoms with Crippen molar-refractivity contribution >= 4 is 17.6 Å². The van der Waals surface area contributed by atoms with Crippen LogP contribution >= 0.6 is 0 Å². The van der Waals surface area contributed by atoms with Crippen molar-refractivity contribution in [2.45, 2.75) is 26.3 Å². The van der Waals surface area contributed by atoms with Gasteiger partial charge in [0, 0.05) is 16.7 Å². The Balaban J connectivity index is 2.06. The van der Waals surface area contributed by atoms with Gasteiger partial charge in [0.1, 0.15) is 5.75 Å². The summed E-state index contributed by atoms with van der Waals surface area (Å²) in [6, 6.07) is 5.05. The maximum atomic E-state index is 12.0. The molecule has 126 valence electrons. The monoisotopic (exact) mass is 332 g/mol. The van der Waals surface area contributed by atoms with Gasteiger partial charge in [0.05, 0.1) is 13.0 Å². The van der Waals surface area contributed by atoms with Crippen molar-refractivity contribution < 1.29 is 24.0 Å². The van der Waals surface area contributed by atoms with Gasteiger partial charge in [0.15, 0.2) is 5.76 Å². The number of rotatable bonds is 6. The topological polar surface area (TPSA) is 108 Å². The van der Waals surface area contributed by atoms with E-state index < -0.39 is 22.8 Å². The van der Waals surface area contributed by atoms with Gasteiger partial charge in [-0.3, -0.25) is 19.7 Å². The summed E-state index contributed by atoms with van der Waals surface area (Å²) in [7, 11) is 0. The van der Waals surface area contributed by atoms with E-state index in [1.807, 2.05) is 6.92 Å². The smallest absolute Gasteiger partial charge is 0.348 e. The van der Waals surface area contributed by atoms with Crippen LogP contribution < -0.4 is 4.74 Å². The third-order valence-corrected chi connectivity index (χ3v) is 3.17. The average Bonchev–Trinajstić information content (AvgIpc) is 2.48. The second-order valence-corrected chi connectivity index (χ2v) is 5.05. The number of nitro groups is 1. The molecule has 1 aliphatic heterocycles. The van der Waals surface area contributed by atoms with Crippen LogP contribution in [0.15, 0.2) is 41.1 Å². The number of ether oxygens (including phenoxy) is 2. The minimum atomic E-state index is -1.78. The molecule has 0 aromatic heterocycles. The molecule has 8 nitrogen and oxygen atoms in total. The molecule has 24 heavy (non-hydrogen) atoms. The molecule has 0 fully saturated rings. The lowest BCUT2D eigenvalue weighted by Crippen LogP contribution is -2.35. The molecule has 1 unspecified atom stereocenters. The Morgan fingerprint density at radius 1 is 1.33 bits per heavy atom. The summed E-state index contributed by atoms with van der Waals surface area (Å²) in [6.45, 7) is 3.89. The van der Waals surface area contributed by atoms with E-state index in [1.165, 1.54) is 13.0 Å². The van der Waals surface area contributed by atoms with E-state index in [2.05, 4.69) is 4.99 Å². The van der Waals surface area contributed by atoms with Gasteiger partial charge in [-0.1, -0.05) is 12.1 Å². The number of esters is 1. The molecule has 0 spiro atoms. The molecular weight excluding hydrogens is 316 g/mol. The van der Waals surface area contributed by atoms with Gasteiger partial charge in [-0.15, -0.1) is 0 Å². The maximum Gasteiger partial charge on any atom is 0.348 e. The molecule has 0 aliphatic carbocycles. The number of carbonyl (C=O) groups excluding carboxylic acids is 2. The Bertz CT molecular complexity index is 721. The summed E-state index contributed by atoms with van der Waals surface area (Å²) in [6.07, 6.45) is 1.14. The van der Waals surface area contributed by atoms with Crippen LogP contribution in [0, 0.1) is 10.1 Å². The lowest BCUT2D eigenvalue weighted by molar-refractivity contribution is -0.501. The quantitative estimate of drug-likeness (QED) is 0.446. The molecular formula is C16H16N2O6. The zero-order valence-electron chi connectivity index (χ0n) is 13.2. The van der Waals surface area contributed by atoms with E-state index in [9.17, 15) is 19.7 Å². The predicted molar refractivity (Wildman–Crippen MR) is 84.4 cm³/mol. The van der Waals surface area contributed by atoms with Crippen LogP contribution in [0.1, 0.15) is 19.4 Å². The zero-order chi connectivity index (χ0) is 17.7. The van der Waals surface area contributed by atoms with Crippen LogP contribution in [-0.4, -0.2) is 35.2 Å². The van der Waals surface area contributed by atoms with Crippen molar-refractivity contribution in [2.24, 2.45) is 4.99 Å². The molecule has 1 amide bonds. The summed E-state index contributed by atoms with van der Waals surface area (Å²) >= 11 is 0. The van der Waals surface area contributed by atoms with Gasteiger partial charge in [-0.2, -0.15) is 0 Å². The lowest BCUT2D eigenvalue weighted by atomic mass is 10.1. The number of benzene rings is 1. The van der Waals surface area contributed by atoms with Gasteiger partial charge >= 0.3 is 17.9 Å². The first-order valence-corrected chi connectivity index (χ1v) is 7.27. The molecule has 1 aromatic rings. The molecule has 0 radical (unpaired) electrons. The second kappa shape index (κ2) is 7.49. The highest BCUT2D eigenvalue weighted by molar-refractivity contribution is 6.06. The van der Waals surface area contributed by atoms with Crippen LogP contribution in [0.25, 0.3) is 0 Å². The van der Waals surface area contributed by atoms with Crippen LogP contribution in [-0.2, 0) is 20.7 Å². The molecule has 0 saturated heterocycles. The molecule has 8 heteroatoms. The first kappa shape index (κ1) is 17.3. The van der Waals surface area contributed by atoms with Gasteiger partial charge in [0.25, 0.3) is 0 Å². The minimum absolute atomic E-state index is 0.0848. The SMILES string of the molecule is CCOc1ccc(CC(=O)OC2=CC(C)=NC(=O)C2[N+](=O)[O-])cc1. The molecule has 2 rings (SSSR count). The molecule has 0 N–H and O–H groups in total. The Labute approximate surface area is 137 Å². The Morgan fingerprint density at radius 3 is 2.58 bits per heavy atom. The fourth-order valence-corrected chi connectivity index (χ4v) is 2.16. The lowest BCUT2D eigenvalue weighted by Gasteiger charge is -2.14. The molecule has 1 aromatic carbocycles. The first-order chi connectivity index (χ1) is 11.4. The van der Waals surface area contributed by atoms with Crippen LogP contribution in [0.4, 0.5) is 0 Å². The second-order valence-electron chi connectivity index (χ2n) is 5.05. The van der Waals surface area contributed by atoms with Gasteiger partial charge in [0.2, 0.25) is 0 Å². The third-order valence-electron chi connectivity index (χ3n) is 3.17. The van der Waals surface area contributed by atoms with Crippen molar-refractivity contribution in [2.75, 3.05) is 6.61 Å². The number of allylic oxidation sites excluding steroid dienone is 1. The predicted octanol–water partition coefficient (Wildman–Crippen LogP) is 1.70. The minimum Gasteiger partial charge on any atom is -0.494 e. The van der Waals surface area contributed by atoms with E-state index in [1.54, 1.807) is 24.3 Å². The van der Waals surface area contributed by atoms with E-state index >= 15 is 0 Å². The van der Waals surface area contributed by atoms with Crippen LogP contribution in [0.3, 0.4) is 0 Å². The fourth-order valence-electron chi connectivity index (χ4n) is 2.16. The van der Waals surface area contributed by atoms with E-state index in [0.717, 1.165) is 0 Å². The Hall–Kier alpha value is -3.03. The van der Waals surface area contributed by atoms with E-state index in [-0.39, 0.29) is 17.9 Å². The normalized spacial score (nSPS) is 16.9. The summed E-state index contributed by atoms with van der Waals surface area (Å²) in [5.74, 6) is -1.28. The highest BCUT2D eigenvalue weighted by Gasteiger charge is 2.39. The number of aliphatic imine (C=N–C) groups is 1. The van der Waals surface area contributed by atoms with Crippen LogP contribution in [0.5, 0.6) is 5.75 Å². The fraction of sp³-hybridized carbons (Fsp3) is 0.312. The number of carbonyl (C=O) groups is 2. The molecule has 1 heterocycles. The highest BCUT2D eigenvalue weighted by Crippen LogP contribution is 2.17. The molecule has 1 aliphatic rings. The van der Waals surface area contributed by atoms with Crippen molar-refractivity contribution in [3.63, 3.8) is 0 Å². The molecule has 0 saturated carbocycles. The van der Waals surface area contributed by atoms with Crippen LogP contribution in [0.2, 0.25) is 0 Å².